The van der Waals surface area contributed by atoms with E-state index in [4.69, 9.17) is 9.47 Å². The van der Waals surface area contributed by atoms with Crippen LogP contribution in [0.3, 0.4) is 0 Å². The Bertz CT molecular complexity index is 629. The van der Waals surface area contributed by atoms with Gasteiger partial charge in [-0.15, -0.1) is 0 Å². The van der Waals surface area contributed by atoms with Gasteiger partial charge < -0.3 is 14.8 Å². The van der Waals surface area contributed by atoms with Crippen molar-refractivity contribution < 1.29 is 14.3 Å². The summed E-state index contributed by atoms with van der Waals surface area (Å²) in [7, 11) is 3.19. The number of nitrogens with one attached hydrogen (secondary N) is 1. The van der Waals surface area contributed by atoms with Gasteiger partial charge in [0.1, 0.15) is 5.82 Å². The van der Waals surface area contributed by atoms with E-state index >= 15 is 0 Å². The Hall–Kier alpha value is -2.56. The Morgan fingerprint density at radius 3 is 2.59 bits per heavy atom. The molecule has 5 nitrogen and oxygen atoms in total. The molecule has 1 unspecified atom stereocenters. The van der Waals surface area contributed by atoms with Crippen LogP contribution in [0, 0.1) is 5.92 Å². The van der Waals surface area contributed by atoms with Crippen molar-refractivity contribution in [1.29, 1.82) is 0 Å². The lowest BCUT2D eigenvalue weighted by Crippen LogP contribution is -2.22. The number of rotatable bonds is 6. The lowest BCUT2D eigenvalue weighted by molar-refractivity contribution is -0.119. The zero-order valence-corrected chi connectivity index (χ0v) is 13.0. The maximum Gasteiger partial charge on any atom is 0.228 e. The summed E-state index contributed by atoms with van der Waals surface area (Å²) < 4.78 is 10.5. The van der Waals surface area contributed by atoms with Crippen LogP contribution >= 0.6 is 0 Å². The fourth-order valence-electron chi connectivity index (χ4n) is 2.14. The van der Waals surface area contributed by atoms with Crippen LogP contribution in [0.15, 0.2) is 42.6 Å². The Morgan fingerprint density at radius 2 is 1.95 bits per heavy atom. The number of amides is 1. The van der Waals surface area contributed by atoms with Gasteiger partial charge in [0.05, 0.1) is 14.2 Å². The smallest absolute Gasteiger partial charge is 0.228 e. The van der Waals surface area contributed by atoms with Crippen molar-refractivity contribution >= 4 is 11.7 Å². The van der Waals surface area contributed by atoms with Gasteiger partial charge in [-0.25, -0.2) is 4.98 Å². The van der Waals surface area contributed by atoms with E-state index in [-0.39, 0.29) is 11.8 Å². The standard InChI is InChI=1S/C17H20N2O3/c1-12(17(20)19-16-6-4-5-9-18-16)10-13-7-8-14(21-2)15(11-13)22-3/h4-9,11-12H,10H2,1-3H3,(H,18,19,20). The molecular formula is C17H20N2O3. The van der Waals surface area contributed by atoms with Crippen LogP contribution < -0.4 is 14.8 Å². The number of benzene rings is 1. The number of pyridine rings is 1. The Morgan fingerprint density at radius 1 is 1.18 bits per heavy atom. The highest BCUT2D eigenvalue weighted by Crippen LogP contribution is 2.28. The van der Waals surface area contributed by atoms with Crippen molar-refractivity contribution in [3.8, 4) is 11.5 Å². The van der Waals surface area contributed by atoms with Gasteiger partial charge in [-0.1, -0.05) is 19.1 Å². The van der Waals surface area contributed by atoms with E-state index in [0.29, 0.717) is 23.7 Å². The fraction of sp³-hybridized carbons (Fsp3) is 0.294. The van der Waals surface area contributed by atoms with E-state index in [1.165, 1.54) is 0 Å². The highest BCUT2D eigenvalue weighted by Gasteiger charge is 2.15. The molecule has 0 bridgehead atoms. The minimum Gasteiger partial charge on any atom is -0.493 e. The maximum absolute atomic E-state index is 12.2. The second-order valence-corrected chi connectivity index (χ2v) is 5.00. The molecule has 0 saturated carbocycles. The summed E-state index contributed by atoms with van der Waals surface area (Å²) in [4.78, 5) is 16.3. The van der Waals surface area contributed by atoms with Gasteiger partial charge in [0, 0.05) is 12.1 Å². The number of anilines is 1. The van der Waals surface area contributed by atoms with Crippen molar-refractivity contribution in [3.05, 3.63) is 48.2 Å². The van der Waals surface area contributed by atoms with Crippen LogP contribution in [0.25, 0.3) is 0 Å². The van der Waals surface area contributed by atoms with E-state index < -0.39 is 0 Å². The highest BCUT2D eigenvalue weighted by molar-refractivity contribution is 5.91. The largest absolute Gasteiger partial charge is 0.493 e. The molecule has 1 aromatic heterocycles. The van der Waals surface area contributed by atoms with Gasteiger partial charge in [-0.3, -0.25) is 4.79 Å². The predicted molar refractivity (Wildman–Crippen MR) is 85.3 cm³/mol. The monoisotopic (exact) mass is 300 g/mol. The minimum atomic E-state index is -0.180. The molecular weight excluding hydrogens is 280 g/mol. The fourth-order valence-corrected chi connectivity index (χ4v) is 2.14. The molecule has 0 spiro atoms. The highest BCUT2D eigenvalue weighted by atomic mass is 16.5. The first-order valence-electron chi connectivity index (χ1n) is 7.07. The van der Waals surface area contributed by atoms with Crippen LogP contribution in [0.5, 0.6) is 11.5 Å². The number of nitrogens with zero attached hydrogens (tertiary/aromatic N) is 1. The summed E-state index contributed by atoms with van der Waals surface area (Å²) in [5, 5.41) is 2.81. The molecule has 0 aliphatic carbocycles. The molecule has 116 valence electrons. The number of aromatic nitrogens is 1. The summed E-state index contributed by atoms with van der Waals surface area (Å²) in [5.41, 5.74) is 1.02. The molecule has 0 saturated heterocycles. The average molecular weight is 300 g/mol. The second-order valence-electron chi connectivity index (χ2n) is 5.00. The number of hydrogen-bond acceptors (Lipinski definition) is 4. The Kier molecular flexibility index (Phi) is 5.36. The third-order valence-electron chi connectivity index (χ3n) is 3.35. The summed E-state index contributed by atoms with van der Waals surface area (Å²) in [6.45, 7) is 1.88. The third-order valence-corrected chi connectivity index (χ3v) is 3.35. The first-order valence-corrected chi connectivity index (χ1v) is 7.07. The van der Waals surface area contributed by atoms with Crippen LogP contribution in [-0.2, 0) is 11.2 Å². The van der Waals surface area contributed by atoms with Gasteiger partial charge in [0.15, 0.2) is 11.5 Å². The number of carbonyl (C=O) groups is 1. The van der Waals surface area contributed by atoms with Crippen LogP contribution in [0.2, 0.25) is 0 Å². The maximum atomic E-state index is 12.2. The zero-order valence-electron chi connectivity index (χ0n) is 13.0. The van der Waals surface area contributed by atoms with Crippen LogP contribution in [0.4, 0.5) is 5.82 Å². The van der Waals surface area contributed by atoms with E-state index in [1.807, 2.05) is 37.3 Å². The van der Waals surface area contributed by atoms with E-state index in [2.05, 4.69) is 10.3 Å². The van der Waals surface area contributed by atoms with Crippen LogP contribution in [0.1, 0.15) is 12.5 Å². The van der Waals surface area contributed by atoms with Crippen molar-refractivity contribution in [2.75, 3.05) is 19.5 Å². The Labute approximate surface area is 130 Å². The van der Waals surface area contributed by atoms with Crippen LogP contribution in [-0.4, -0.2) is 25.1 Å². The SMILES string of the molecule is COc1ccc(CC(C)C(=O)Nc2ccccn2)cc1OC. The lowest BCUT2D eigenvalue weighted by atomic mass is 10.00. The first-order chi connectivity index (χ1) is 10.6. The molecule has 5 heteroatoms. The van der Waals surface area contributed by atoms with Gasteiger partial charge in [-0.2, -0.15) is 0 Å². The predicted octanol–water partition coefficient (Wildman–Crippen LogP) is 2.92. The first kappa shape index (κ1) is 15.8. The molecule has 1 atom stereocenters. The lowest BCUT2D eigenvalue weighted by Gasteiger charge is -2.13. The van der Waals surface area contributed by atoms with E-state index in [9.17, 15) is 4.79 Å². The number of hydrogen-bond donors (Lipinski definition) is 1. The van der Waals surface area contributed by atoms with Crippen molar-refractivity contribution in [3.63, 3.8) is 0 Å². The molecule has 2 aromatic rings. The van der Waals surface area contributed by atoms with Crippen molar-refractivity contribution in [2.45, 2.75) is 13.3 Å². The summed E-state index contributed by atoms with van der Waals surface area (Å²) in [6, 6.07) is 11.1. The zero-order chi connectivity index (χ0) is 15.9. The molecule has 0 aliphatic rings. The molecule has 2 rings (SSSR count). The summed E-state index contributed by atoms with van der Waals surface area (Å²) in [5.74, 6) is 1.66. The number of carbonyl (C=O) groups excluding carboxylic acids is 1. The molecule has 0 aliphatic heterocycles. The third kappa shape index (κ3) is 3.97. The van der Waals surface area contributed by atoms with Crippen molar-refractivity contribution in [2.24, 2.45) is 5.92 Å². The van der Waals surface area contributed by atoms with Gasteiger partial charge >= 0.3 is 0 Å². The van der Waals surface area contributed by atoms with Crippen molar-refractivity contribution in [1.82, 2.24) is 4.98 Å². The average Bonchev–Trinajstić information content (AvgIpc) is 2.55. The van der Waals surface area contributed by atoms with E-state index in [1.54, 1.807) is 26.5 Å². The number of methoxy groups -OCH3 is 2. The summed E-state index contributed by atoms with van der Waals surface area (Å²) in [6.07, 6.45) is 2.26. The van der Waals surface area contributed by atoms with Gasteiger partial charge in [-0.05, 0) is 36.2 Å². The molecule has 1 N–H and O–H groups in total. The molecule has 0 radical (unpaired) electrons. The molecule has 0 fully saturated rings. The van der Waals surface area contributed by atoms with E-state index in [0.717, 1.165) is 5.56 Å². The second kappa shape index (κ2) is 7.45. The molecule has 1 amide bonds. The van der Waals surface area contributed by atoms with Gasteiger partial charge in [0.25, 0.3) is 0 Å². The number of ether oxygens (including phenoxy) is 2. The topological polar surface area (TPSA) is 60.5 Å². The minimum absolute atomic E-state index is 0.0616. The Balaban J connectivity index is 2.02. The molecule has 1 aromatic carbocycles. The van der Waals surface area contributed by atoms with Gasteiger partial charge in [0.2, 0.25) is 5.91 Å². The normalized spacial score (nSPS) is 11.6. The molecule has 22 heavy (non-hydrogen) atoms. The quantitative estimate of drug-likeness (QED) is 0.891. The summed E-state index contributed by atoms with van der Waals surface area (Å²) >= 11 is 0. The molecule has 1 heterocycles.